The van der Waals surface area contributed by atoms with Crippen molar-refractivity contribution in [2.75, 3.05) is 14.2 Å². The highest BCUT2D eigenvalue weighted by Gasteiger charge is 2.11. The summed E-state index contributed by atoms with van der Waals surface area (Å²) in [7, 11) is 3.15. The quantitative estimate of drug-likeness (QED) is 0.256. The Bertz CT molecular complexity index is 966. The van der Waals surface area contributed by atoms with Crippen LogP contribution in [-0.4, -0.2) is 36.5 Å². The third-order valence-corrected chi connectivity index (χ3v) is 4.32. The molecule has 10 heteroatoms. The second-order valence-electron chi connectivity index (χ2n) is 6.25. The van der Waals surface area contributed by atoms with Crippen LogP contribution in [-0.2, 0) is 13.1 Å². The van der Waals surface area contributed by atoms with Crippen LogP contribution in [0, 0.1) is 0 Å². The lowest BCUT2D eigenvalue weighted by atomic mass is 10.2. The van der Waals surface area contributed by atoms with Crippen molar-refractivity contribution in [3.8, 4) is 17.2 Å². The molecule has 0 fully saturated rings. The summed E-state index contributed by atoms with van der Waals surface area (Å²) in [5, 5.41) is 10.5. The predicted molar refractivity (Wildman–Crippen MR) is 126 cm³/mol. The smallest absolute Gasteiger partial charge is 0.387 e. The number of methoxy groups -OCH3 is 1. The van der Waals surface area contributed by atoms with E-state index in [1.165, 1.54) is 13.2 Å². The van der Waals surface area contributed by atoms with Gasteiger partial charge in [0.2, 0.25) is 0 Å². The molecule has 0 radical (unpaired) electrons. The van der Waals surface area contributed by atoms with Gasteiger partial charge in [-0.05, 0) is 42.0 Å². The van der Waals surface area contributed by atoms with Gasteiger partial charge in [0.05, 0.1) is 12.8 Å². The molecule has 0 aliphatic heterocycles. The predicted octanol–water partition coefficient (Wildman–Crippen LogP) is 3.97. The second kappa shape index (κ2) is 12.1. The van der Waals surface area contributed by atoms with Crippen molar-refractivity contribution in [3.63, 3.8) is 0 Å². The molecule has 1 aromatic heterocycles. The van der Waals surface area contributed by atoms with Crippen LogP contribution in [0.25, 0.3) is 5.69 Å². The summed E-state index contributed by atoms with van der Waals surface area (Å²) in [6, 6.07) is 14.5. The van der Waals surface area contributed by atoms with Crippen LogP contribution >= 0.6 is 24.0 Å². The number of aromatic nitrogens is 2. The molecular formula is C21H24F2IN5O2. The zero-order chi connectivity index (χ0) is 21.3. The monoisotopic (exact) mass is 543 g/mol. The zero-order valence-electron chi connectivity index (χ0n) is 17.1. The number of nitrogens with one attached hydrogen (secondary N) is 2. The van der Waals surface area contributed by atoms with E-state index in [4.69, 9.17) is 4.74 Å². The van der Waals surface area contributed by atoms with E-state index in [-0.39, 0.29) is 36.3 Å². The highest BCUT2D eigenvalue weighted by Crippen LogP contribution is 2.25. The Morgan fingerprint density at radius 1 is 1.13 bits per heavy atom. The lowest BCUT2D eigenvalue weighted by Crippen LogP contribution is -2.36. The first-order valence-corrected chi connectivity index (χ1v) is 9.24. The zero-order valence-corrected chi connectivity index (χ0v) is 19.4. The van der Waals surface area contributed by atoms with Gasteiger partial charge in [0.25, 0.3) is 0 Å². The number of nitrogens with zero attached hydrogens (tertiary/aromatic N) is 3. The van der Waals surface area contributed by atoms with Gasteiger partial charge in [0.1, 0.15) is 11.5 Å². The summed E-state index contributed by atoms with van der Waals surface area (Å²) in [6.07, 6.45) is 3.61. The van der Waals surface area contributed by atoms with Crippen LogP contribution < -0.4 is 20.1 Å². The average molecular weight is 543 g/mol. The molecule has 2 aromatic carbocycles. The first kappa shape index (κ1) is 24.4. The molecule has 0 spiro atoms. The van der Waals surface area contributed by atoms with Gasteiger partial charge >= 0.3 is 6.61 Å². The lowest BCUT2D eigenvalue weighted by molar-refractivity contribution is -0.0504. The van der Waals surface area contributed by atoms with Crippen molar-refractivity contribution < 1.29 is 18.3 Å². The van der Waals surface area contributed by atoms with Crippen molar-refractivity contribution in [2.24, 2.45) is 4.99 Å². The first-order chi connectivity index (χ1) is 14.6. The summed E-state index contributed by atoms with van der Waals surface area (Å²) < 4.78 is 36.9. The van der Waals surface area contributed by atoms with E-state index < -0.39 is 6.61 Å². The summed E-state index contributed by atoms with van der Waals surface area (Å²) in [5.41, 5.74) is 2.55. The number of halogens is 3. The number of aliphatic imine (C=N–C) groups is 1. The minimum absolute atomic E-state index is 0. The van der Waals surface area contributed by atoms with Gasteiger partial charge in [-0.3, -0.25) is 4.99 Å². The van der Waals surface area contributed by atoms with Crippen molar-refractivity contribution in [2.45, 2.75) is 19.7 Å². The molecule has 0 saturated heterocycles. The molecule has 166 valence electrons. The average Bonchev–Trinajstić information content (AvgIpc) is 3.29. The Balaban J connectivity index is 0.00000341. The maximum Gasteiger partial charge on any atom is 0.387 e. The molecule has 0 atom stereocenters. The van der Waals surface area contributed by atoms with Crippen molar-refractivity contribution in [1.82, 2.24) is 20.4 Å². The molecule has 0 aliphatic rings. The molecule has 0 bridgehead atoms. The first-order valence-electron chi connectivity index (χ1n) is 9.24. The van der Waals surface area contributed by atoms with Crippen LogP contribution in [0.4, 0.5) is 8.78 Å². The number of guanidine groups is 1. The van der Waals surface area contributed by atoms with E-state index in [1.54, 1.807) is 30.1 Å². The van der Waals surface area contributed by atoms with E-state index in [0.717, 1.165) is 11.3 Å². The van der Waals surface area contributed by atoms with Gasteiger partial charge in [0, 0.05) is 38.1 Å². The molecule has 31 heavy (non-hydrogen) atoms. The van der Waals surface area contributed by atoms with Crippen LogP contribution in [0.3, 0.4) is 0 Å². The number of hydrogen-bond donors (Lipinski definition) is 2. The third kappa shape index (κ3) is 7.09. The molecule has 3 rings (SSSR count). The second-order valence-corrected chi connectivity index (χ2v) is 6.25. The number of alkyl halides is 2. The topological polar surface area (TPSA) is 72.7 Å². The minimum atomic E-state index is -2.90. The molecule has 0 unspecified atom stereocenters. The Hall–Kier alpha value is -2.89. The fraction of sp³-hybridized carbons (Fsp3) is 0.238. The standard InChI is InChI=1S/C21H23F2N5O2.HI/c1-24-21(25-13-15-4-6-17(7-5-15)28-11-3-10-27-28)26-14-16-12-18(29-2)8-9-19(16)30-20(22)23;/h3-12,20H,13-14H2,1-2H3,(H2,24,25,26);1H. The summed E-state index contributed by atoms with van der Waals surface area (Å²) in [5.74, 6) is 1.16. The number of hydrogen-bond acceptors (Lipinski definition) is 4. The Morgan fingerprint density at radius 2 is 1.87 bits per heavy atom. The fourth-order valence-corrected chi connectivity index (χ4v) is 2.81. The van der Waals surface area contributed by atoms with E-state index in [0.29, 0.717) is 23.8 Å². The highest BCUT2D eigenvalue weighted by atomic mass is 127. The normalized spacial score (nSPS) is 11.1. The Kier molecular flexibility index (Phi) is 9.50. The summed E-state index contributed by atoms with van der Waals surface area (Å²) >= 11 is 0. The van der Waals surface area contributed by atoms with Crippen LogP contribution in [0.15, 0.2) is 65.9 Å². The number of benzene rings is 2. The van der Waals surface area contributed by atoms with Crippen LogP contribution in [0.5, 0.6) is 11.5 Å². The maximum absolute atomic E-state index is 12.7. The van der Waals surface area contributed by atoms with E-state index >= 15 is 0 Å². The van der Waals surface area contributed by atoms with Crippen molar-refractivity contribution >= 4 is 29.9 Å². The molecule has 2 N–H and O–H groups in total. The van der Waals surface area contributed by atoms with Gasteiger partial charge in [-0.25, -0.2) is 4.68 Å². The van der Waals surface area contributed by atoms with Crippen LogP contribution in [0.2, 0.25) is 0 Å². The molecular weight excluding hydrogens is 519 g/mol. The highest BCUT2D eigenvalue weighted by molar-refractivity contribution is 14.0. The van der Waals surface area contributed by atoms with Gasteiger partial charge in [-0.2, -0.15) is 13.9 Å². The summed E-state index contributed by atoms with van der Waals surface area (Å²) in [6.45, 7) is -2.13. The largest absolute Gasteiger partial charge is 0.497 e. The summed E-state index contributed by atoms with van der Waals surface area (Å²) in [4.78, 5) is 4.17. The molecule has 1 heterocycles. The maximum atomic E-state index is 12.7. The third-order valence-electron chi connectivity index (χ3n) is 4.32. The van der Waals surface area contributed by atoms with Crippen molar-refractivity contribution in [3.05, 3.63) is 72.1 Å². The van der Waals surface area contributed by atoms with Gasteiger partial charge in [-0.1, -0.05) is 12.1 Å². The van der Waals surface area contributed by atoms with Gasteiger partial charge < -0.3 is 20.1 Å². The molecule has 7 nitrogen and oxygen atoms in total. The molecule has 0 aliphatic carbocycles. The van der Waals surface area contributed by atoms with E-state index in [2.05, 4.69) is 25.5 Å². The van der Waals surface area contributed by atoms with Crippen LogP contribution in [0.1, 0.15) is 11.1 Å². The molecule has 0 amide bonds. The lowest BCUT2D eigenvalue weighted by Gasteiger charge is -2.15. The fourth-order valence-electron chi connectivity index (χ4n) is 2.81. The van der Waals surface area contributed by atoms with E-state index in [9.17, 15) is 8.78 Å². The Labute approximate surface area is 196 Å². The number of ether oxygens (including phenoxy) is 2. The number of rotatable bonds is 8. The van der Waals surface area contributed by atoms with Gasteiger partial charge in [-0.15, -0.1) is 24.0 Å². The van der Waals surface area contributed by atoms with E-state index in [1.807, 2.05) is 36.5 Å². The van der Waals surface area contributed by atoms with Crippen molar-refractivity contribution in [1.29, 1.82) is 0 Å². The SMILES string of the molecule is CN=C(NCc1ccc(-n2cccn2)cc1)NCc1cc(OC)ccc1OC(F)F.I. The van der Waals surface area contributed by atoms with Gasteiger partial charge in [0.15, 0.2) is 5.96 Å². The minimum Gasteiger partial charge on any atom is -0.497 e. The molecule has 3 aromatic rings. The molecule has 0 saturated carbocycles. The Morgan fingerprint density at radius 3 is 2.48 bits per heavy atom.